The van der Waals surface area contributed by atoms with Crippen molar-refractivity contribution in [1.29, 1.82) is 5.26 Å². The third-order valence-corrected chi connectivity index (χ3v) is 10.0. The number of rotatable bonds is 9. The second-order valence-electron chi connectivity index (χ2n) is 10.6. The van der Waals surface area contributed by atoms with E-state index in [4.69, 9.17) is 23.2 Å². The number of thiophene rings is 1. The average molecular weight is 597 g/mol. The number of para-hydroxylation sites is 1. The minimum absolute atomic E-state index is 0.0349. The lowest BCUT2D eigenvalue weighted by Crippen LogP contribution is -2.42. The number of aromatic hydroxyl groups is 1. The van der Waals surface area contributed by atoms with Gasteiger partial charge in [-0.1, -0.05) is 54.7 Å². The number of hydrogen-bond donors (Lipinski definition) is 2. The van der Waals surface area contributed by atoms with Gasteiger partial charge in [-0.05, 0) is 73.4 Å². The van der Waals surface area contributed by atoms with Crippen LogP contribution in [-0.4, -0.2) is 34.9 Å². The summed E-state index contributed by atoms with van der Waals surface area (Å²) in [5, 5.41) is 24.0. The van der Waals surface area contributed by atoms with Crippen LogP contribution in [0.15, 0.2) is 42.5 Å². The van der Waals surface area contributed by atoms with E-state index in [9.17, 15) is 20.0 Å². The molecule has 208 valence electrons. The van der Waals surface area contributed by atoms with E-state index in [2.05, 4.69) is 18.3 Å². The number of halogens is 2. The van der Waals surface area contributed by atoms with Crippen molar-refractivity contribution in [3.8, 4) is 11.8 Å². The number of nitrogens with one attached hydrogen (secondary N) is 1. The first-order valence-corrected chi connectivity index (χ1v) is 15.2. The number of nitriles is 1. The summed E-state index contributed by atoms with van der Waals surface area (Å²) >= 11 is 14.2. The van der Waals surface area contributed by atoms with Crippen LogP contribution in [0.3, 0.4) is 0 Å². The van der Waals surface area contributed by atoms with E-state index in [0.29, 0.717) is 36.1 Å². The van der Waals surface area contributed by atoms with Crippen molar-refractivity contribution in [3.63, 3.8) is 0 Å². The van der Waals surface area contributed by atoms with E-state index >= 15 is 0 Å². The zero-order valence-electron chi connectivity index (χ0n) is 22.3. The van der Waals surface area contributed by atoms with Crippen LogP contribution >= 0.6 is 34.5 Å². The summed E-state index contributed by atoms with van der Waals surface area (Å²) in [6.45, 7) is 3.67. The summed E-state index contributed by atoms with van der Waals surface area (Å²) in [6, 6.07) is 14.3. The normalized spacial score (nSPS) is 16.1. The van der Waals surface area contributed by atoms with Gasteiger partial charge in [0.05, 0.1) is 23.1 Å². The van der Waals surface area contributed by atoms with Crippen LogP contribution in [0, 0.1) is 17.2 Å². The van der Waals surface area contributed by atoms with Crippen molar-refractivity contribution in [2.24, 2.45) is 5.92 Å². The van der Waals surface area contributed by atoms with E-state index in [1.807, 2.05) is 11.0 Å². The molecule has 3 aromatic rings. The molecule has 0 saturated heterocycles. The molecule has 1 aliphatic heterocycles. The molecule has 5 rings (SSSR count). The average Bonchev–Trinajstić information content (AvgIpc) is 3.67. The van der Waals surface area contributed by atoms with Crippen LogP contribution in [-0.2, 0) is 29.6 Å². The van der Waals surface area contributed by atoms with Gasteiger partial charge in [-0.2, -0.15) is 5.26 Å². The summed E-state index contributed by atoms with van der Waals surface area (Å²) in [5.74, 6) is 0.00526. The number of carbonyl (C=O) groups is 2. The van der Waals surface area contributed by atoms with Gasteiger partial charge in [-0.3, -0.25) is 9.59 Å². The van der Waals surface area contributed by atoms with Crippen LogP contribution in [0.2, 0.25) is 10.0 Å². The van der Waals surface area contributed by atoms with E-state index in [1.54, 1.807) is 41.7 Å². The number of fused-ring (bicyclic) bond motifs is 1. The molecule has 1 saturated carbocycles. The molecule has 1 atom stereocenters. The molecule has 6 nitrogen and oxygen atoms in total. The fourth-order valence-electron chi connectivity index (χ4n) is 5.63. The van der Waals surface area contributed by atoms with Crippen LogP contribution < -0.4 is 5.32 Å². The zero-order valence-corrected chi connectivity index (χ0v) is 24.6. The number of amides is 2. The second kappa shape index (κ2) is 11.8. The van der Waals surface area contributed by atoms with E-state index in [0.717, 1.165) is 58.5 Å². The van der Waals surface area contributed by atoms with Gasteiger partial charge in [0.2, 0.25) is 5.91 Å². The molecule has 1 fully saturated rings. The largest absolute Gasteiger partial charge is 0.507 e. The van der Waals surface area contributed by atoms with Gasteiger partial charge < -0.3 is 15.3 Å². The lowest BCUT2D eigenvalue weighted by Gasteiger charge is -2.31. The first kappa shape index (κ1) is 28.5. The Labute approximate surface area is 248 Å². The van der Waals surface area contributed by atoms with Crippen molar-refractivity contribution in [1.82, 2.24) is 10.2 Å². The molecule has 0 radical (unpaired) electrons. The first-order chi connectivity index (χ1) is 19.3. The number of phenolic OH excluding ortho intramolecular Hbond substituents is 1. The lowest BCUT2D eigenvalue weighted by atomic mass is 9.92. The summed E-state index contributed by atoms with van der Waals surface area (Å²) in [5.41, 5.74) is 2.36. The molecule has 40 heavy (non-hydrogen) atoms. The van der Waals surface area contributed by atoms with Gasteiger partial charge in [0.15, 0.2) is 0 Å². The molecule has 0 spiro atoms. The van der Waals surface area contributed by atoms with E-state index in [-0.39, 0.29) is 29.0 Å². The van der Waals surface area contributed by atoms with Gasteiger partial charge in [0.25, 0.3) is 5.91 Å². The Morgan fingerprint density at radius 2 is 2.00 bits per heavy atom. The Hall–Kier alpha value is -3.05. The van der Waals surface area contributed by atoms with E-state index in [1.165, 1.54) is 6.07 Å². The SMILES string of the molecule is CCC(CCc1sc2c(c1C#N)CCN(C(=O)C1(c3ccc(Cl)cc3Cl)CC1)C2)CNC(=O)c1ccccc1O. The summed E-state index contributed by atoms with van der Waals surface area (Å²) < 4.78 is 0. The first-order valence-electron chi connectivity index (χ1n) is 13.6. The highest BCUT2D eigenvalue weighted by Gasteiger charge is 2.54. The molecule has 2 aliphatic rings. The predicted octanol–water partition coefficient (Wildman–Crippen LogP) is 6.64. The quantitative estimate of drug-likeness (QED) is 0.290. The highest BCUT2D eigenvalue weighted by molar-refractivity contribution is 7.12. The maximum absolute atomic E-state index is 13.7. The van der Waals surface area contributed by atoms with Crippen LogP contribution in [0.1, 0.15) is 69.4 Å². The molecular weight excluding hydrogens is 565 g/mol. The smallest absolute Gasteiger partial charge is 0.255 e. The highest BCUT2D eigenvalue weighted by Crippen LogP contribution is 2.52. The molecular formula is C31H31Cl2N3O3S. The van der Waals surface area contributed by atoms with Crippen molar-refractivity contribution >= 4 is 46.4 Å². The second-order valence-corrected chi connectivity index (χ2v) is 12.7. The minimum atomic E-state index is -0.577. The summed E-state index contributed by atoms with van der Waals surface area (Å²) in [4.78, 5) is 30.3. The van der Waals surface area contributed by atoms with Crippen molar-refractivity contribution in [2.75, 3.05) is 13.1 Å². The van der Waals surface area contributed by atoms with Crippen LogP contribution in [0.25, 0.3) is 0 Å². The summed E-state index contributed by atoms with van der Waals surface area (Å²) in [6.07, 6.45) is 4.66. The Morgan fingerprint density at radius 1 is 1.23 bits per heavy atom. The molecule has 2 amide bonds. The Morgan fingerprint density at radius 3 is 2.67 bits per heavy atom. The monoisotopic (exact) mass is 595 g/mol. The van der Waals surface area contributed by atoms with Crippen molar-refractivity contribution in [3.05, 3.63) is 84.5 Å². The van der Waals surface area contributed by atoms with Gasteiger partial charge in [-0.25, -0.2) is 0 Å². The fraction of sp³-hybridized carbons (Fsp3) is 0.387. The van der Waals surface area contributed by atoms with Gasteiger partial charge >= 0.3 is 0 Å². The molecule has 0 bridgehead atoms. The Balaban J connectivity index is 1.24. The standard InChI is InChI=1S/C31H31Cl2N3O3S/c1-2-19(17-35-29(38)22-5-3-4-6-26(22)37)7-10-27-23(16-34)21-11-14-36(18-28(21)40-27)30(39)31(12-13-31)24-9-8-20(32)15-25(24)33/h3-6,8-9,15,19,37H,2,7,10-14,17-18H2,1H3,(H,35,38). The maximum atomic E-state index is 13.7. The predicted molar refractivity (Wildman–Crippen MR) is 158 cm³/mol. The molecule has 1 aromatic heterocycles. The molecule has 2 N–H and O–H groups in total. The number of carbonyl (C=O) groups excluding carboxylic acids is 2. The van der Waals surface area contributed by atoms with Crippen LogP contribution in [0.4, 0.5) is 0 Å². The van der Waals surface area contributed by atoms with Crippen molar-refractivity contribution < 1.29 is 14.7 Å². The highest BCUT2D eigenvalue weighted by atomic mass is 35.5. The maximum Gasteiger partial charge on any atom is 0.255 e. The third kappa shape index (κ3) is 5.58. The number of hydrogen-bond acceptors (Lipinski definition) is 5. The van der Waals surface area contributed by atoms with Gasteiger partial charge in [-0.15, -0.1) is 11.3 Å². The van der Waals surface area contributed by atoms with Gasteiger partial charge in [0.1, 0.15) is 11.8 Å². The Kier molecular flexibility index (Phi) is 8.42. The van der Waals surface area contributed by atoms with Gasteiger partial charge in [0, 0.05) is 32.9 Å². The summed E-state index contributed by atoms with van der Waals surface area (Å²) in [7, 11) is 0. The molecule has 1 unspecified atom stereocenters. The number of benzene rings is 2. The lowest BCUT2D eigenvalue weighted by molar-refractivity contribution is -0.134. The van der Waals surface area contributed by atoms with E-state index < -0.39 is 5.41 Å². The fourth-order valence-corrected chi connectivity index (χ4v) is 7.55. The van der Waals surface area contributed by atoms with Crippen LogP contribution in [0.5, 0.6) is 5.75 Å². The third-order valence-electron chi connectivity index (χ3n) is 8.19. The molecule has 2 aromatic carbocycles. The number of nitrogens with zero attached hydrogens (tertiary/aromatic N) is 2. The molecule has 9 heteroatoms. The molecule has 2 heterocycles. The number of phenols is 1. The Bertz CT molecular complexity index is 1490. The zero-order chi connectivity index (χ0) is 28.4. The minimum Gasteiger partial charge on any atom is -0.507 e. The topological polar surface area (TPSA) is 93.4 Å². The molecule has 1 aliphatic carbocycles. The number of aryl methyl sites for hydroxylation is 1. The van der Waals surface area contributed by atoms with Crippen molar-refractivity contribution in [2.45, 2.75) is 57.4 Å².